The molecular formula is C4H8BFO2. The van der Waals surface area contributed by atoms with Crippen molar-refractivity contribution in [3.63, 3.8) is 0 Å². The van der Waals surface area contributed by atoms with E-state index in [0.717, 1.165) is 5.98 Å². The van der Waals surface area contributed by atoms with Crippen LogP contribution >= 0.6 is 0 Å². The molecule has 0 saturated carbocycles. The SMILES string of the molecule is OB(O)/C=C/CCF. The van der Waals surface area contributed by atoms with Crippen LogP contribution in [0.3, 0.4) is 0 Å². The van der Waals surface area contributed by atoms with E-state index in [0.29, 0.717) is 0 Å². The fraction of sp³-hybridized carbons (Fsp3) is 0.500. The highest BCUT2D eigenvalue weighted by atomic mass is 19.1. The predicted molar refractivity (Wildman–Crippen MR) is 29.9 cm³/mol. The third-order valence-corrected chi connectivity index (χ3v) is 0.584. The summed E-state index contributed by atoms with van der Waals surface area (Å²) in [5.41, 5.74) is 0. The van der Waals surface area contributed by atoms with Gasteiger partial charge in [-0.05, 0) is 6.42 Å². The zero-order chi connectivity index (χ0) is 6.41. The summed E-state index contributed by atoms with van der Waals surface area (Å²) in [5.74, 6) is 1.12. The van der Waals surface area contributed by atoms with Crippen molar-refractivity contribution >= 4 is 7.12 Å². The van der Waals surface area contributed by atoms with Gasteiger partial charge in [-0.3, -0.25) is 4.39 Å². The van der Waals surface area contributed by atoms with E-state index < -0.39 is 13.8 Å². The molecule has 0 spiro atoms. The van der Waals surface area contributed by atoms with Crippen LogP contribution < -0.4 is 0 Å². The second kappa shape index (κ2) is 4.81. The maximum atomic E-state index is 11.2. The molecule has 8 heavy (non-hydrogen) atoms. The zero-order valence-electron chi connectivity index (χ0n) is 4.42. The highest BCUT2D eigenvalue weighted by Gasteiger charge is 1.95. The minimum absolute atomic E-state index is 0.248. The van der Waals surface area contributed by atoms with E-state index in [1.54, 1.807) is 0 Å². The molecule has 0 aliphatic carbocycles. The van der Waals surface area contributed by atoms with Crippen LogP contribution in [-0.2, 0) is 0 Å². The summed E-state index contributed by atoms with van der Waals surface area (Å²) in [5, 5.41) is 16.3. The first-order chi connectivity index (χ1) is 3.77. The van der Waals surface area contributed by atoms with Crippen molar-refractivity contribution in [3.8, 4) is 0 Å². The topological polar surface area (TPSA) is 40.5 Å². The Labute approximate surface area is 47.8 Å². The minimum Gasteiger partial charge on any atom is -0.424 e. The molecule has 0 unspecified atom stereocenters. The van der Waals surface area contributed by atoms with E-state index in [1.165, 1.54) is 6.08 Å². The second-order valence-corrected chi connectivity index (χ2v) is 1.32. The Balaban J connectivity index is 3.07. The highest BCUT2D eigenvalue weighted by Crippen LogP contribution is 1.83. The molecule has 0 aliphatic heterocycles. The summed E-state index contributed by atoms with van der Waals surface area (Å²) >= 11 is 0. The van der Waals surface area contributed by atoms with Gasteiger partial charge in [0.05, 0.1) is 6.67 Å². The number of halogens is 1. The molecule has 0 aromatic carbocycles. The summed E-state index contributed by atoms with van der Waals surface area (Å²) in [6, 6.07) is 0. The van der Waals surface area contributed by atoms with E-state index in [4.69, 9.17) is 10.0 Å². The van der Waals surface area contributed by atoms with Crippen molar-refractivity contribution < 1.29 is 14.4 Å². The molecule has 0 amide bonds. The van der Waals surface area contributed by atoms with Gasteiger partial charge in [-0.1, -0.05) is 12.1 Å². The largest absolute Gasteiger partial charge is 0.480 e. The molecule has 0 radical (unpaired) electrons. The van der Waals surface area contributed by atoms with E-state index >= 15 is 0 Å². The lowest BCUT2D eigenvalue weighted by atomic mass is 9.91. The summed E-state index contributed by atoms with van der Waals surface area (Å²) in [6.45, 7) is -0.455. The van der Waals surface area contributed by atoms with E-state index in [9.17, 15) is 4.39 Å². The Kier molecular flexibility index (Phi) is 4.60. The van der Waals surface area contributed by atoms with Crippen LogP contribution in [-0.4, -0.2) is 23.8 Å². The quantitative estimate of drug-likeness (QED) is 0.508. The minimum atomic E-state index is -1.44. The second-order valence-electron chi connectivity index (χ2n) is 1.32. The molecule has 0 aromatic heterocycles. The molecule has 0 aliphatic rings. The Bertz CT molecular complexity index is 74.4. The summed E-state index contributed by atoms with van der Waals surface area (Å²) in [4.78, 5) is 0. The lowest BCUT2D eigenvalue weighted by molar-refractivity contribution is 0.423. The molecule has 0 saturated heterocycles. The van der Waals surface area contributed by atoms with Gasteiger partial charge in [0.25, 0.3) is 0 Å². The van der Waals surface area contributed by atoms with Gasteiger partial charge in [0, 0.05) is 0 Å². The maximum Gasteiger partial charge on any atom is 0.480 e. The van der Waals surface area contributed by atoms with Crippen molar-refractivity contribution in [1.82, 2.24) is 0 Å². The van der Waals surface area contributed by atoms with Crippen molar-refractivity contribution in [1.29, 1.82) is 0 Å². The summed E-state index contributed by atoms with van der Waals surface area (Å²) in [7, 11) is -1.44. The molecular weight excluding hydrogens is 110 g/mol. The summed E-state index contributed by atoms with van der Waals surface area (Å²) in [6.07, 6.45) is 1.63. The third-order valence-electron chi connectivity index (χ3n) is 0.584. The predicted octanol–water partition coefficient (Wildman–Crippen LogP) is -0.0858. The monoisotopic (exact) mass is 118 g/mol. The van der Waals surface area contributed by atoms with Gasteiger partial charge in [-0.2, -0.15) is 0 Å². The number of rotatable bonds is 3. The zero-order valence-corrected chi connectivity index (χ0v) is 4.42. The first-order valence-electron chi connectivity index (χ1n) is 2.36. The number of hydrogen-bond donors (Lipinski definition) is 2. The average Bonchev–Trinajstić information content (AvgIpc) is 1.66. The van der Waals surface area contributed by atoms with Crippen molar-refractivity contribution in [3.05, 3.63) is 12.1 Å². The Morgan fingerprint density at radius 3 is 2.50 bits per heavy atom. The van der Waals surface area contributed by atoms with Crippen LogP contribution in [0.4, 0.5) is 4.39 Å². The van der Waals surface area contributed by atoms with Gasteiger partial charge in [0.15, 0.2) is 0 Å². The Morgan fingerprint density at radius 1 is 1.50 bits per heavy atom. The lowest BCUT2D eigenvalue weighted by Crippen LogP contribution is -2.05. The van der Waals surface area contributed by atoms with Crippen LogP contribution in [0.5, 0.6) is 0 Å². The maximum absolute atomic E-state index is 11.2. The van der Waals surface area contributed by atoms with E-state index in [-0.39, 0.29) is 6.42 Å². The summed E-state index contributed by atoms with van der Waals surface area (Å²) < 4.78 is 11.2. The van der Waals surface area contributed by atoms with Crippen molar-refractivity contribution in [2.24, 2.45) is 0 Å². The van der Waals surface area contributed by atoms with Crippen LogP contribution in [0.25, 0.3) is 0 Å². The fourth-order valence-electron chi connectivity index (χ4n) is 0.281. The molecule has 0 aromatic rings. The van der Waals surface area contributed by atoms with Gasteiger partial charge in [0.1, 0.15) is 0 Å². The Morgan fingerprint density at radius 2 is 2.12 bits per heavy atom. The molecule has 4 heteroatoms. The molecule has 0 atom stereocenters. The third kappa shape index (κ3) is 5.65. The number of hydrogen-bond acceptors (Lipinski definition) is 2. The molecule has 0 fully saturated rings. The fourth-order valence-corrected chi connectivity index (χ4v) is 0.281. The van der Waals surface area contributed by atoms with E-state index in [2.05, 4.69) is 0 Å². The molecule has 2 nitrogen and oxygen atoms in total. The van der Waals surface area contributed by atoms with Gasteiger partial charge in [0.2, 0.25) is 0 Å². The molecule has 0 heterocycles. The average molecular weight is 118 g/mol. The van der Waals surface area contributed by atoms with Crippen molar-refractivity contribution in [2.75, 3.05) is 6.67 Å². The van der Waals surface area contributed by atoms with E-state index in [1.807, 2.05) is 0 Å². The smallest absolute Gasteiger partial charge is 0.424 e. The molecule has 2 N–H and O–H groups in total. The van der Waals surface area contributed by atoms with Gasteiger partial charge < -0.3 is 10.0 Å². The first kappa shape index (κ1) is 7.65. The standard InChI is InChI=1S/C4H8BFO2/c6-4-2-1-3-5(7)8/h1,3,7-8H,2,4H2/b3-1+. The van der Waals surface area contributed by atoms with Crippen LogP contribution in [0.2, 0.25) is 0 Å². The molecule has 0 rings (SSSR count). The van der Waals surface area contributed by atoms with Crippen molar-refractivity contribution in [2.45, 2.75) is 6.42 Å². The van der Waals surface area contributed by atoms with Crippen LogP contribution in [0.1, 0.15) is 6.42 Å². The van der Waals surface area contributed by atoms with Gasteiger partial charge in [-0.15, -0.1) is 0 Å². The van der Waals surface area contributed by atoms with Crippen LogP contribution in [0, 0.1) is 0 Å². The van der Waals surface area contributed by atoms with Crippen LogP contribution in [0.15, 0.2) is 12.1 Å². The molecule has 0 bridgehead atoms. The first-order valence-corrected chi connectivity index (χ1v) is 2.36. The lowest BCUT2D eigenvalue weighted by Gasteiger charge is -1.83. The Hall–Kier alpha value is -0.345. The molecule has 46 valence electrons. The number of allylic oxidation sites excluding steroid dienone is 1. The highest BCUT2D eigenvalue weighted by molar-refractivity contribution is 6.47. The van der Waals surface area contributed by atoms with Gasteiger partial charge in [-0.25, -0.2) is 0 Å². The normalized spacial score (nSPS) is 10.4. The number of alkyl halides is 1. The van der Waals surface area contributed by atoms with Gasteiger partial charge >= 0.3 is 7.12 Å².